The Bertz CT molecular complexity index is 483. The standard InChI is InChI=1S/C15H21BrN2OS/c1-4-15(5-2,13(17)20)14(19)18-10(3)11-6-8-12(16)9-7-11/h6-10H,4-5H2,1-3H3,(H2,17,20)(H,18,19). The second kappa shape index (κ2) is 7.18. The lowest BCUT2D eigenvalue weighted by atomic mass is 9.81. The molecule has 1 amide bonds. The van der Waals surface area contributed by atoms with Crippen molar-refractivity contribution in [2.45, 2.75) is 39.7 Å². The number of thiocarbonyl (C=S) groups is 1. The predicted molar refractivity (Wildman–Crippen MR) is 90.5 cm³/mol. The van der Waals surface area contributed by atoms with Crippen molar-refractivity contribution in [2.24, 2.45) is 11.1 Å². The minimum Gasteiger partial charge on any atom is -0.392 e. The zero-order valence-electron chi connectivity index (χ0n) is 12.1. The average molecular weight is 357 g/mol. The second-order valence-electron chi connectivity index (χ2n) is 4.90. The van der Waals surface area contributed by atoms with Crippen molar-refractivity contribution in [3.63, 3.8) is 0 Å². The highest BCUT2D eigenvalue weighted by Gasteiger charge is 2.38. The molecule has 1 atom stereocenters. The van der Waals surface area contributed by atoms with E-state index in [1.807, 2.05) is 45.0 Å². The number of benzene rings is 1. The highest BCUT2D eigenvalue weighted by atomic mass is 79.9. The van der Waals surface area contributed by atoms with E-state index in [0.29, 0.717) is 12.8 Å². The predicted octanol–water partition coefficient (Wildman–Crippen LogP) is 3.72. The van der Waals surface area contributed by atoms with E-state index in [1.54, 1.807) is 0 Å². The van der Waals surface area contributed by atoms with E-state index in [9.17, 15) is 4.79 Å². The van der Waals surface area contributed by atoms with Crippen molar-refractivity contribution < 1.29 is 4.79 Å². The Hall–Kier alpha value is -0.940. The molecule has 0 fully saturated rings. The van der Waals surface area contributed by atoms with Crippen LogP contribution in [0.15, 0.2) is 28.7 Å². The molecule has 0 saturated heterocycles. The quantitative estimate of drug-likeness (QED) is 0.763. The van der Waals surface area contributed by atoms with Crippen molar-refractivity contribution in [3.8, 4) is 0 Å². The van der Waals surface area contributed by atoms with Crippen molar-refractivity contribution >= 4 is 39.0 Å². The maximum absolute atomic E-state index is 12.5. The summed E-state index contributed by atoms with van der Waals surface area (Å²) in [5.74, 6) is -0.0922. The van der Waals surface area contributed by atoms with Crippen LogP contribution in [0.25, 0.3) is 0 Å². The molecule has 1 unspecified atom stereocenters. The molecule has 3 nitrogen and oxygen atoms in total. The molecule has 0 aliphatic carbocycles. The molecule has 3 N–H and O–H groups in total. The molecular formula is C15H21BrN2OS. The van der Waals surface area contributed by atoms with Gasteiger partial charge >= 0.3 is 0 Å². The minimum absolute atomic E-state index is 0.0811. The van der Waals surface area contributed by atoms with Crippen LogP contribution in [0.2, 0.25) is 0 Å². The lowest BCUT2D eigenvalue weighted by Gasteiger charge is -2.30. The lowest BCUT2D eigenvalue weighted by molar-refractivity contribution is -0.128. The zero-order chi connectivity index (χ0) is 15.3. The Labute approximate surface area is 134 Å². The molecule has 0 saturated carbocycles. The number of hydrogen-bond donors (Lipinski definition) is 2. The third-order valence-electron chi connectivity index (χ3n) is 3.83. The van der Waals surface area contributed by atoms with Gasteiger partial charge in [-0.3, -0.25) is 4.79 Å². The van der Waals surface area contributed by atoms with E-state index in [2.05, 4.69) is 21.2 Å². The van der Waals surface area contributed by atoms with E-state index >= 15 is 0 Å². The van der Waals surface area contributed by atoms with Gasteiger partial charge in [0.1, 0.15) is 0 Å². The highest BCUT2D eigenvalue weighted by molar-refractivity contribution is 9.10. The molecule has 0 aliphatic heterocycles. The van der Waals surface area contributed by atoms with E-state index in [4.69, 9.17) is 18.0 Å². The van der Waals surface area contributed by atoms with Crippen LogP contribution in [-0.2, 0) is 4.79 Å². The number of carbonyl (C=O) groups is 1. The number of amides is 1. The minimum atomic E-state index is -0.751. The summed E-state index contributed by atoms with van der Waals surface area (Å²) in [6.45, 7) is 5.83. The summed E-state index contributed by atoms with van der Waals surface area (Å²) in [6.07, 6.45) is 1.22. The number of nitrogens with two attached hydrogens (primary N) is 1. The Balaban J connectivity index is 2.88. The molecule has 1 aromatic rings. The molecule has 0 aromatic heterocycles. The van der Waals surface area contributed by atoms with Gasteiger partial charge in [-0.15, -0.1) is 0 Å². The average Bonchev–Trinajstić information content (AvgIpc) is 2.41. The molecule has 0 spiro atoms. The van der Waals surface area contributed by atoms with Gasteiger partial charge in [0.2, 0.25) is 5.91 Å². The third-order valence-corrected chi connectivity index (χ3v) is 4.75. The van der Waals surface area contributed by atoms with Crippen LogP contribution in [0.3, 0.4) is 0 Å². The van der Waals surface area contributed by atoms with Crippen molar-refractivity contribution in [3.05, 3.63) is 34.3 Å². The van der Waals surface area contributed by atoms with Gasteiger partial charge in [-0.05, 0) is 37.5 Å². The fraction of sp³-hybridized carbons (Fsp3) is 0.467. The SMILES string of the molecule is CCC(CC)(C(=O)NC(C)c1ccc(Br)cc1)C(N)=S. The van der Waals surface area contributed by atoms with Crippen LogP contribution < -0.4 is 11.1 Å². The maximum Gasteiger partial charge on any atom is 0.233 e. The molecule has 20 heavy (non-hydrogen) atoms. The van der Waals surface area contributed by atoms with Crippen molar-refractivity contribution in [2.75, 3.05) is 0 Å². The summed E-state index contributed by atoms with van der Waals surface area (Å²) in [7, 11) is 0. The topological polar surface area (TPSA) is 55.1 Å². The van der Waals surface area contributed by atoms with Gasteiger partial charge in [-0.2, -0.15) is 0 Å². The summed E-state index contributed by atoms with van der Waals surface area (Å²) in [5.41, 5.74) is 6.09. The fourth-order valence-electron chi connectivity index (χ4n) is 2.20. The van der Waals surface area contributed by atoms with Gasteiger partial charge in [0.15, 0.2) is 0 Å². The fourth-order valence-corrected chi connectivity index (χ4v) is 2.85. The Kier molecular flexibility index (Phi) is 6.14. The van der Waals surface area contributed by atoms with Gasteiger partial charge in [0.25, 0.3) is 0 Å². The molecular weight excluding hydrogens is 336 g/mol. The molecule has 1 rings (SSSR count). The number of nitrogens with one attached hydrogen (secondary N) is 1. The molecule has 0 radical (unpaired) electrons. The Morgan fingerprint density at radius 1 is 1.35 bits per heavy atom. The van der Waals surface area contributed by atoms with Crippen molar-refractivity contribution in [1.82, 2.24) is 5.32 Å². The summed E-state index contributed by atoms with van der Waals surface area (Å²) in [4.78, 5) is 12.8. The van der Waals surface area contributed by atoms with Crippen molar-refractivity contribution in [1.29, 1.82) is 0 Å². The lowest BCUT2D eigenvalue weighted by Crippen LogP contribution is -2.48. The van der Waals surface area contributed by atoms with Crippen LogP contribution in [0.1, 0.15) is 45.2 Å². The molecule has 0 heterocycles. The normalized spacial score (nSPS) is 12.8. The number of carbonyl (C=O) groups excluding carboxylic acids is 1. The number of rotatable bonds is 6. The van der Waals surface area contributed by atoms with E-state index < -0.39 is 5.41 Å². The smallest absolute Gasteiger partial charge is 0.233 e. The molecule has 5 heteroatoms. The third kappa shape index (κ3) is 3.58. The number of hydrogen-bond acceptors (Lipinski definition) is 2. The first-order valence-electron chi connectivity index (χ1n) is 6.73. The Morgan fingerprint density at radius 2 is 1.85 bits per heavy atom. The van der Waals surface area contributed by atoms with Crippen LogP contribution in [-0.4, -0.2) is 10.9 Å². The summed E-state index contributed by atoms with van der Waals surface area (Å²) < 4.78 is 1.01. The van der Waals surface area contributed by atoms with Crippen LogP contribution in [0.5, 0.6) is 0 Å². The Morgan fingerprint density at radius 3 is 2.25 bits per heavy atom. The highest BCUT2D eigenvalue weighted by Crippen LogP contribution is 2.28. The van der Waals surface area contributed by atoms with Crippen LogP contribution >= 0.6 is 28.1 Å². The first kappa shape index (κ1) is 17.1. The molecule has 0 aliphatic rings. The van der Waals surface area contributed by atoms with Gasteiger partial charge < -0.3 is 11.1 Å². The van der Waals surface area contributed by atoms with Gasteiger partial charge in [-0.25, -0.2) is 0 Å². The first-order chi connectivity index (χ1) is 9.37. The van der Waals surface area contributed by atoms with E-state index in [1.165, 1.54) is 0 Å². The van der Waals surface area contributed by atoms with Crippen LogP contribution in [0, 0.1) is 5.41 Å². The molecule has 1 aromatic carbocycles. The van der Waals surface area contributed by atoms with E-state index in [0.717, 1.165) is 10.0 Å². The molecule has 0 bridgehead atoms. The van der Waals surface area contributed by atoms with Gasteiger partial charge in [0, 0.05) is 4.47 Å². The monoisotopic (exact) mass is 356 g/mol. The number of halogens is 1. The van der Waals surface area contributed by atoms with Gasteiger partial charge in [-0.1, -0.05) is 54.1 Å². The zero-order valence-corrected chi connectivity index (χ0v) is 14.5. The van der Waals surface area contributed by atoms with Gasteiger partial charge in [0.05, 0.1) is 16.4 Å². The summed E-state index contributed by atoms with van der Waals surface area (Å²) in [6, 6.07) is 7.80. The first-order valence-corrected chi connectivity index (χ1v) is 7.93. The van der Waals surface area contributed by atoms with Crippen LogP contribution in [0.4, 0.5) is 0 Å². The molecule has 110 valence electrons. The maximum atomic E-state index is 12.5. The summed E-state index contributed by atoms with van der Waals surface area (Å²) in [5, 5.41) is 3.02. The van der Waals surface area contributed by atoms with E-state index in [-0.39, 0.29) is 16.9 Å². The largest absolute Gasteiger partial charge is 0.392 e. The second-order valence-corrected chi connectivity index (χ2v) is 6.26. The summed E-state index contributed by atoms with van der Waals surface area (Å²) >= 11 is 8.50.